The summed E-state index contributed by atoms with van der Waals surface area (Å²) in [7, 11) is -3.64. The predicted molar refractivity (Wildman–Crippen MR) is 125 cm³/mol. The topological polar surface area (TPSA) is 87.3 Å². The number of nitrogens with one attached hydrogen (secondary N) is 3. The first-order chi connectivity index (χ1) is 14.4. The van der Waals surface area contributed by atoms with Crippen LogP contribution < -0.4 is 15.4 Å². The third kappa shape index (κ3) is 6.60. The molecule has 0 bridgehead atoms. The van der Waals surface area contributed by atoms with Gasteiger partial charge in [-0.2, -0.15) is 0 Å². The van der Waals surface area contributed by atoms with Gasteiger partial charge in [-0.1, -0.05) is 36.4 Å². The highest BCUT2D eigenvalue weighted by Gasteiger charge is 2.13. The second-order valence-corrected chi connectivity index (χ2v) is 9.28. The molecule has 0 unspecified atom stereocenters. The zero-order valence-corrected chi connectivity index (χ0v) is 18.2. The second-order valence-electron chi connectivity index (χ2n) is 6.13. The van der Waals surface area contributed by atoms with Crippen LogP contribution in [-0.4, -0.2) is 19.4 Å². The molecule has 1 heterocycles. The number of amides is 1. The van der Waals surface area contributed by atoms with Crippen LogP contribution in [0.1, 0.15) is 10.4 Å². The summed E-state index contributed by atoms with van der Waals surface area (Å²) in [5, 5.41) is 7.44. The van der Waals surface area contributed by atoms with E-state index in [0.29, 0.717) is 5.69 Å². The third-order valence-corrected chi connectivity index (χ3v) is 6.37. The van der Waals surface area contributed by atoms with Gasteiger partial charge in [-0.3, -0.25) is 10.1 Å². The van der Waals surface area contributed by atoms with Crippen LogP contribution in [0.25, 0.3) is 6.08 Å². The van der Waals surface area contributed by atoms with Crippen LogP contribution in [-0.2, 0) is 21.4 Å². The largest absolute Gasteiger partial charge is 0.332 e. The summed E-state index contributed by atoms with van der Waals surface area (Å²) in [5.41, 5.74) is 1.43. The van der Waals surface area contributed by atoms with E-state index in [-0.39, 0.29) is 22.5 Å². The molecule has 9 heteroatoms. The van der Waals surface area contributed by atoms with Gasteiger partial charge < -0.3 is 5.32 Å². The standard InChI is InChI=1S/C21H19N3O3S3/c25-20(13-10-18-7-4-14-29-18)24-21(28)23-17-8-11-19(12-9-17)30(26,27)22-15-16-5-2-1-3-6-16/h1-14,22H,15H2,(H2,23,24,25,28). The lowest BCUT2D eigenvalue weighted by molar-refractivity contribution is -0.115. The van der Waals surface area contributed by atoms with E-state index < -0.39 is 10.0 Å². The van der Waals surface area contributed by atoms with Gasteiger partial charge in [0, 0.05) is 23.2 Å². The highest BCUT2D eigenvalue weighted by molar-refractivity contribution is 7.89. The van der Waals surface area contributed by atoms with E-state index in [1.807, 2.05) is 47.8 Å². The Kier molecular flexibility index (Phi) is 7.47. The number of rotatable bonds is 7. The fourth-order valence-electron chi connectivity index (χ4n) is 2.43. The smallest absolute Gasteiger partial charge is 0.250 e. The molecule has 0 radical (unpaired) electrons. The van der Waals surface area contributed by atoms with Crippen molar-refractivity contribution in [2.24, 2.45) is 0 Å². The molecule has 0 aliphatic carbocycles. The SMILES string of the molecule is O=C(C=Cc1cccs1)NC(=S)Nc1ccc(S(=O)(=O)NCc2ccccc2)cc1. The zero-order chi connectivity index (χ0) is 21.4. The maximum Gasteiger partial charge on any atom is 0.250 e. The predicted octanol–water partition coefficient (Wildman–Crippen LogP) is 3.75. The Hall–Kier alpha value is -2.85. The van der Waals surface area contributed by atoms with Gasteiger partial charge in [0.25, 0.3) is 0 Å². The number of sulfonamides is 1. The van der Waals surface area contributed by atoms with Crippen LogP contribution in [0.15, 0.2) is 83.1 Å². The first-order valence-corrected chi connectivity index (χ1v) is 11.7. The van der Waals surface area contributed by atoms with Crippen molar-refractivity contribution in [3.8, 4) is 0 Å². The molecular formula is C21H19N3O3S3. The average molecular weight is 458 g/mol. The first kappa shape index (κ1) is 21.8. The number of thiocarbonyl (C=S) groups is 1. The molecule has 154 valence electrons. The summed E-state index contributed by atoms with van der Waals surface area (Å²) in [4.78, 5) is 13.0. The van der Waals surface area contributed by atoms with Crippen LogP contribution in [0.4, 0.5) is 5.69 Å². The fraction of sp³-hybridized carbons (Fsp3) is 0.0476. The van der Waals surface area contributed by atoms with Crippen molar-refractivity contribution in [2.75, 3.05) is 5.32 Å². The Labute approximate surface area is 184 Å². The van der Waals surface area contributed by atoms with Gasteiger partial charge >= 0.3 is 0 Å². The van der Waals surface area contributed by atoms with E-state index in [1.54, 1.807) is 18.2 Å². The van der Waals surface area contributed by atoms with E-state index in [0.717, 1.165) is 10.4 Å². The minimum absolute atomic E-state index is 0.119. The Bertz CT molecular complexity index is 1130. The number of hydrogen-bond donors (Lipinski definition) is 3. The van der Waals surface area contributed by atoms with Crippen molar-refractivity contribution in [3.63, 3.8) is 0 Å². The quantitative estimate of drug-likeness (QED) is 0.372. The summed E-state index contributed by atoms with van der Waals surface area (Å²) in [6, 6.07) is 19.2. The van der Waals surface area contributed by atoms with E-state index in [4.69, 9.17) is 12.2 Å². The van der Waals surface area contributed by atoms with Crippen LogP contribution >= 0.6 is 23.6 Å². The van der Waals surface area contributed by atoms with Gasteiger partial charge in [0.1, 0.15) is 0 Å². The number of thiophene rings is 1. The van der Waals surface area contributed by atoms with Crippen molar-refractivity contribution >= 4 is 56.4 Å². The number of carbonyl (C=O) groups is 1. The van der Waals surface area contributed by atoms with Gasteiger partial charge in [-0.05, 0) is 59.6 Å². The first-order valence-electron chi connectivity index (χ1n) is 8.89. The van der Waals surface area contributed by atoms with Crippen molar-refractivity contribution < 1.29 is 13.2 Å². The normalized spacial score (nSPS) is 11.3. The van der Waals surface area contributed by atoms with Gasteiger partial charge in [0.2, 0.25) is 15.9 Å². The van der Waals surface area contributed by atoms with Crippen molar-refractivity contribution in [1.29, 1.82) is 0 Å². The Morgan fingerprint density at radius 1 is 1.00 bits per heavy atom. The Balaban J connectivity index is 1.53. The summed E-state index contributed by atoms with van der Waals surface area (Å²) >= 11 is 6.65. The monoisotopic (exact) mass is 457 g/mol. The van der Waals surface area contributed by atoms with E-state index in [9.17, 15) is 13.2 Å². The maximum atomic E-state index is 12.4. The molecule has 0 aliphatic rings. The molecule has 1 amide bonds. The van der Waals surface area contributed by atoms with Crippen molar-refractivity contribution in [1.82, 2.24) is 10.0 Å². The van der Waals surface area contributed by atoms with Crippen LogP contribution in [0.5, 0.6) is 0 Å². The van der Waals surface area contributed by atoms with Gasteiger partial charge in [-0.15, -0.1) is 11.3 Å². The molecule has 0 fully saturated rings. The molecule has 3 aromatic rings. The third-order valence-electron chi connectivity index (χ3n) is 3.91. The molecule has 3 N–H and O–H groups in total. The number of benzene rings is 2. The molecule has 2 aromatic carbocycles. The van der Waals surface area contributed by atoms with Crippen molar-refractivity contribution in [2.45, 2.75) is 11.4 Å². The minimum atomic E-state index is -3.64. The fourth-order valence-corrected chi connectivity index (χ4v) is 4.29. The molecule has 1 aromatic heterocycles. The zero-order valence-electron chi connectivity index (χ0n) is 15.7. The minimum Gasteiger partial charge on any atom is -0.332 e. The van der Waals surface area contributed by atoms with Gasteiger partial charge in [0.05, 0.1) is 4.90 Å². The molecule has 0 saturated carbocycles. The highest BCUT2D eigenvalue weighted by atomic mass is 32.2. The molecule has 30 heavy (non-hydrogen) atoms. The summed E-state index contributed by atoms with van der Waals surface area (Å²) in [6.07, 6.45) is 3.10. The Morgan fingerprint density at radius 3 is 2.40 bits per heavy atom. The number of carbonyl (C=O) groups excluding carboxylic acids is 1. The van der Waals surface area contributed by atoms with Crippen LogP contribution in [0.3, 0.4) is 0 Å². The lowest BCUT2D eigenvalue weighted by Crippen LogP contribution is -2.32. The maximum absolute atomic E-state index is 12.4. The molecule has 3 rings (SSSR count). The molecular weight excluding hydrogens is 438 g/mol. The second kappa shape index (κ2) is 10.3. The number of hydrogen-bond acceptors (Lipinski definition) is 5. The highest BCUT2D eigenvalue weighted by Crippen LogP contribution is 2.15. The number of anilines is 1. The average Bonchev–Trinajstić information content (AvgIpc) is 3.26. The van der Waals surface area contributed by atoms with E-state index in [2.05, 4.69) is 15.4 Å². The van der Waals surface area contributed by atoms with Gasteiger partial charge in [-0.25, -0.2) is 13.1 Å². The van der Waals surface area contributed by atoms with Crippen molar-refractivity contribution in [3.05, 3.63) is 88.6 Å². The van der Waals surface area contributed by atoms with Gasteiger partial charge in [0.15, 0.2) is 5.11 Å². The lowest BCUT2D eigenvalue weighted by Gasteiger charge is -2.10. The summed E-state index contributed by atoms with van der Waals surface area (Å²) in [5.74, 6) is -0.356. The van der Waals surface area contributed by atoms with E-state index >= 15 is 0 Å². The molecule has 0 atom stereocenters. The molecule has 0 saturated heterocycles. The van der Waals surface area contributed by atoms with Crippen LogP contribution in [0, 0.1) is 0 Å². The molecule has 6 nitrogen and oxygen atoms in total. The van der Waals surface area contributed by atoms with E-state index in [1.165, 1.54) is 29.5 Å². The summed E-state index contributed by atoms with van der Waals surface area (Å²) < 4.78 is 27.4. The molecule has 0 aliphatic heterocycles. The van der Waals surface area contributed by atoms with Crippen LogP contribution in [0.2, 0.25) is 0 Å². The molecule has 0 spiro atoms. The Morgan fingerprint density at radius 2 is 1.73 bits per heavy atom. The lowest BCUT2D eigenvalue weighted by atomic mass is 10.2. The summed E-state index contributed by atoms with van der Waals surface area (Å²) in [6.45, 7) is 0.207.